The number of rotatable bonds is 7. The number of benzene rings is 1. The minimum atomic E-state index is -5.69. The average molecular weight is 383 g/mol. The Morgan fingerprint density at radius 1 is 1.12 bits per heavy atom. The topological polar surface area (TPSA) is 98.8 Å². The summed E-state index contributed by atoms with van der Waals surface area (Å²) in [5, 5.41) is 0. The molecule has 0 saturated carbocycles. The Bertz CT molecular complexity index is 715. The van der Waals surface area contributed by atoms with E-state index in [1.807, 2.05) is 0 Å². The van der Waals surface area contributed by atoms with Gasteiger partial charge in [0.25, 0.3) is 0 Å². The second kappa shape index (κ2) is 8.30. The van der Waals surface area contributed by atoms with Crippen molar-refractivity contribution in [2.75, 3.05) is 14.2 Å². The molecule has 0 aliphatic heterocycles. The molecule has 1 rings (SSSR count). The van der Waals surface area contributed by atoms with Gasteiger partial charge in [-0.05, 0) is 30.5 Å². The number of alkyl halides is 3. The summed E-state index contributed by atoms with van der Waals surface area (Å²) in [6.07, 6.45) is -0.193. The van der Waals surface area contributed by atoms with Crippen molar-refractivity contribution in [2.45, 2.75) is 24.4 Å². The Morgan fingerprint density at radius 2 is 1.68 bits per heavy atom. The van der Waals surface area contributed by atoms with Crippen molar-refractivity contribution in [1.82, 2.24) is 4.72 Å². The summed E-state index contributed by atoms with van der Waals surface area (Å²) in [6.45, 7) is 0. The molecule has 0 amide bonds. The van der Waals surface area contributed by atoms with Gasteiger partial charge in [0.1, 0.15) is 6.04 Å². The molecule has 1 N–H and O–H groups in total. The van der Waals surface area contributed by atoms with Crippen LogP contribution in [-0.2, 0) is 30.7 Å². The highest BCUT2D eigenvalue weighted by Crippen LogP contribution is 2.22. The molecule has 1 aromatic carbocycles. The maximum atomic E-state index is 12.4. The lowest BCUT2D eigenvalue weighted by Gasteiger charge is -2.17. The lowest BCUT2D eigenvalue weighted by Crippen LogP contribution is -2.47. The van der Waals surface area contributed by atoms with Gasteiger partial charge in [0.15, 0.2) is 0 Å². The first-order chi connectivity index (χ1) is 11.5. The van der Waals surface area contributed by atoms with Gasteiger partial charge >= 0.3 is 27.5 Å². The zero-order chi connectivity index (χ0) is 19.3. The van der Waals surface area contributed by atoms with Crippen LogP contribution in [0.15, 0.2) is 24.3 Å². The Hall–Kier alpha value is -2.14. The normalized spacial score (nSPS) is 13.2. The number of carbonyl (C=O) groups is 2. The summed E-state index contributed by atoms with van der Waals surface area (Å²) in [7, 11) is -3.54. The molecule has 0 aliphatic carbocycles. The van der Waals surface area contributed by atoms with Crippen LogP contribution in [0.1, 0.15) is 22.3 Å². The van der Waals surface area contributed by atoms with E-state index in [1.54, 1.807) is 0 Å². The number of nitrogens with one attached hydrogen (secondary N) is 1. The van der Waals surface area contributed by atoms with Crippen LogP contribution >= 0.6 is 0 Å². The fraction of sp³-hybridized carbons (Fsp3) is 0.429. The van der Waals surface area contributed by atoms with Crippen molar-refractivity contribution in [2.24, 2.45) is 0 Å². The van der Waals surface area contributed by atoms with Gasteiger partial charge < -0.3 is 9.47 Å². The standard InChI is InChI=1S/C14H16F3NO6S/c1-23-12(19)10-6-3-9(4-7-10)5-8-11(13(20)24-2)18-25(21,22)14(15,16)17/h3-4,6-7,11,18H,5,8H2,1-2H3/t11-/m0/s1. The third-order valence-electron chi connectivity index (χ3n) is 3.18. The monoisotopic (exact) mass is 383 g/mol. The largest absolute Gasteiger partial charge is 0.511 e. The van der Waals surface area contributed by atoms with Crippen molar-refractivity contribution in [3.05, 3.63) is 35.4 Å². The van der Waals surface area contributed by atoms with Crippen molar-refractivity contribution in [1.29, 1.82) is 0 Å². The lowest BCUT2D eigenvalue weighted by molar-refractivity contribution is -0.142. The molecule has 1 atom stereocenters. The average Bonchev–Trinajstić information content (AvgIpc) is 2.56. The number of hydrogen-bond donors (Lipinski definition) is 1. The molecule has 11 heteroatoms. The molecular weight excluding hydrogens is 367 g/mol. The fourth-order valence-corrected chi connectivity index (χ4v) is 2.58. The first-order valence-electron chi connectivity index (χ1n) is 6.85. The van der Waals surface area contributed by atoms with E-state index in [-0.39, 0.29) is 18.4 Å². The molecule has 0 aliphatic rings. The van der Waals surface area contributed by atoms with Crippen LogP contribution in [0.3, 0.4) is 0 Å². The molecule has 0 fully saturated rings. The van der Waals surface area contributed by atoms with Gasteiger partial charge in [-0.3, -0.25) is 4.79 Å². The zero-order valence-corrected chi connectivity index (χ0v) is 14.1. The maximum absolute atomic E-state index is 12.4. The van der Waals surface area contributed by atoms with E-state index in [1.165, 1.54) is 36.1 Å². The van der Waals surface area contributed by atoms with E-state index < -0.39 is 33.5 Å². The van der Waals surface area contributed by atoms with E-state index in [0.717, 1.165) is 7.11 Å². The number of carbonyl (C=O) groups excluding carboxylic acids is 2. The summed E-state index contributed by atoms with van der Waals surface area (Å²) >= 11 is 0. The van der Waals surface area contributed by atoms with Crippen LogP contribution in [0.4, 0.5) is 13.2 Å². The highest BCUT2D eigenvalue weighted by molar-refractivity contribution is 7.90. The molecule has 0 spiro atoms. The highest BCUT2D eigenvalue weighted by atomic mass is 32.2. The van der Waals surface area contributed by atoms with Crippen molar-refractivity contribution >= 4 is 22.0 Å². The van der Waals surface area contributed by atoms with Gasteiger partial charge in [-0.1, -0.05) is 12.1 Å². The maximum Gasteiger partial charge on any atom is 0.511 e. The smallest absolute Gasteiger partial charge is 0.468 e. The molecule has 7 nitrogen and oxygen atoms in total. The van der Waals surface area contributed by atoms with Gasteiger partial charge in [0.05, 0.1) is 19.8 Å². The molecule has 0 unspecified atom stereocenters. The van der Waals surface area contributed by atoms with E-state index in [9.17, 15) is 31.2 Å². The van der Waals surface area contributed by atoms with E-state index in [4.69, 9.17) is 0 Å². The Morgan fingerprint density at radius 3 is 2.12 bits per heavy atom. The quantitative estimate of drug-likeness (QED) is 0.715. The number of halogens is 3. The number of esters is 2. The van der Waals surface area contributed by atoms with Crippen molar-refractivity contribution in [3.63, 3.8) is 0 Å². The predicted octanol–water partition coefficient (Wildman–Crippen LogP) is 1.39. The fourth-order valence-electron chi connectivity index (χ4n) is 1.86. The second-order valence-corrected chi connectivity index (χ2v) is 6.58. The van der Waals surface area contributed by atoms with Gasteiger partial charge in [-0.25, -0.2) is 13.2 Å². The van der Waals surface area contributed by atoms with Crippen LogP contribution in [0, 0.1) is 0 Å². The molecule has 25 heavy (non-hydrogen) atoms. The van der Waals surface area contributed by atoms with E-state index in [0.29, 0.717) is 5.56 Å². The van der Waals surface area contributed by atoms with Crippen LogP contribution < -0.4 is 4.72 Å². The summed E-state index contributed by atoms with van der Waals surface area (Å²) in [5.74, 6) is -1.70. The van der Waals surface area contributed by atoms with Crippen LogP contribution in [-0.4, -0.2) is 46.1 Å². The number of hydrogen-bond acceptors (Lipinski definition) is 6. The minimum Gasteiger partial charge on any atom is -0.468 e. The Balaban J connectivity index is 2.84. The van der Waals surface area contributed by atoms with Gasteiger partial charge in [-0.15, -0.1) is 0 Å². The summed E-state index contributed by atoms with van der Waals surface area (Å²) in [6, 6.07) is 4.21. The Labute approximate surface area is 142 Å². The summed E-state index contributed by atoms with van der Waals surface area (Å²) < 4.78 is 69.7. The van der Waals surface area contributed by atoms with Gasteiger partial charge in [0, 0.05) is 0 Å². The Kier molecular flexibility index (Phi) is 6.94. The first-order valence-corrected chi connectivity index (χ1v) is 8.34. The summed E-state index contributed by atoms with van der Waals surface area (Å²) in [5.41, 5.74) is -4.69. The van der Waals surface area contributed by atoms with E-state index in [2.05, 4.69) is 9.47 Å². The number of methoxy groups -OCH3 is 2. The summed E-state index contributed by atoms with van der Waals surface area (Å²) in [4.78, 5) is 22.8. The highest BCUT2D eigenvalue weighted by Gasteiger charge is 2.47. The molecule has 0 saturated heterocycles. The number of aryl methyl sites for hydroxylation is 1. The minimum absolute atomic E-state index is 0.0710. The van der Waals surface area contributed by atoms with Crippen LogP contribution in [0.25, 0.3) is 0 Å². The molecule has 0 aromatic heterocycles. The van der Waals surface area contributed by atoms with Crippen LogP contribution in [0.2, 0.25) is 0 Å². The molecule has 0 heterocycles. The molecule has 0 radical (unpaired) electrons. The number of ether oxygens (including phenoxy) is 2. The molecule has 0 bridgehead atoms. The first kappa shape index (κ1) is 20.9. The molecular formula is C14H16F3NO6S. The zero-order valence-electron chi connectivity index (χ0n) is 13.3. The van der Waals surface area contributed by atoms with Crippen molar-refractivity contribution in [3.8, 4) is 0 Å². The lowest BCUT2D eigenvalue weighted by atomic mass is 10.0. The van der Waals surface area contributed by atoms with Gasteiger partial charge in [0.2, 0.25) is 0 Å². The molecule has 140 valence electrons. The SMILES string of the molecule is COC(=O)c1ccc(CC[C@H](NS(=O)(=O)C(F)(F)F)C(=O)OC)cc1. The third kappa shape index (κ3) is 5.71. The van der Waals surface area contributed by atoms with Crippen molar-refractivity contribution < 1.29 is 40.7 Å². The third-order valence-corrected chi connectivity index (χ3v) is 4.39. The predicted molar refractivity (Wildman–Crippen MR) is 80.0 cm³/mol. The number of sulfonamides is 1. The molecule has 1 aromatic rings. The van der Waals surface area contributed by atoms with Crippen LogP contribution in [0.5, 0.6) is 0 Å². The second-order valence-electron chi connectivity index (χ2n) is 4.87. The van der Waals surface area contributed by atoms with E-state index >= 15 is 0 Å². The van der Waals surface area contributed by atoms with Gasteiger partial charge in [-0.2, -0.15) is 17.9 Å².